The van der Waals surface area contributed by atoms with Crippen LogP contribution in [0.4, 0.5) is 10.2 Å². The maximum Gasteiger partial charge on any atom is 0.156 e. The lowest BCUT2D eigenvalue weighted by Gasteiger charge is -2.17. The summed E-state index contributed by atoms with van der Waals surface area (Å²) in [6.45, 7) is 1.99. The van der Waals surface area contributed by atoms with E-state index < -0.39 is 0 Å². The normalized spacial score (nSPS) is 12.3. The van der Waals surface area contributed by atoms with Gasteiger partial charge in [0.25, 0.3) is 0 Å². The fourth-order valence-corrected chi connectivity index (χ4v) is 3.47. The summed E-state index contributed by atoms with van der Waals surface area (Å²) in [5, 5.41) is 3.40. The topological polar surface area (TPSA) is 68.5 Å². The number of anilines is 1. The molecule has 5 rings (SSSR count). The second-order valence-corrected chi connectivity index (χ2v) is 6.73. The summed E-state index contributed by atoms with van der Waals surface area (Å²) in [6, 6.07) is 17.9. The van der Waals surface area contributed by atoms with Crippen molar-refractivity contribution in [1.29, 1.82) is 0 Å². The Morgan fingerprint density at radius 1 is 0.931 bits per heavy atom. The number of aromatic nitrogens is 5. The molecule has 6 nitrogen and oxygen atoms in total. The lowest BCUT2D eigenvalue weighted by molar-refractivity contribution is 0.629. The number of nitrogens with zero attached hydrogens (tertiary/aromatic N) is 5. The molecule has 0 spiro atoms. The first-order valence-corrected chi connectivity index (χ1v) is 9.26. The molecule has 7 heteroatoms. The van der Waals surface area contributed by atoms with Crippen molar-refractivity contribution in [1.82, 2.24) is 24.5 Å². The molecule has 3 heterocycles. The van der Waals surface area contributed by atoms with Gasteiger partial charge in [-0.05, 0) is 43.3 Å². The van der Waals surface area contributed by atoms with Gasteiger partial charge in [0.1, 0.15) is 23.5 Å². The van der Waals surface area contributed by atoms with Crippen molar-refractivity contribution in [2.45, 2.75) is 13.0 Å². The highest BCUT2D eigenvalue weighted by molar-refractivity contribution is 5.84. The summed E-state index contributed by atoms with van der Waals surface area (Å²) in [5.41, 5.74) is 3.80. The number of nitrogens with one attached hydrogen (secondary N) is 1. The standard InChI is InChI=1S/C22H17FN6/c1-14(27-21-20-18(25-13-26-21)8-5-11-24-20)22-28-17-10-9-15(23)12-19(17)29(22)16-6-3-2-4-7-16/h2-14H,1H3,(H,25,26,27)/t14-/m0/s1. The Kier molecular flexibility index (Phi) is 4.13. The van der Waals surface area contributed by atoms with Crippen LogP contribution in [-0.2, 0) is 0 Å². The molecule has 0 aliphatic carbocycles. The van der Waals surface area contributed by atoms with E-state index in [1.165, 1.54) is 18.5 Å². The van der Waals surface area contributed by atoms with Crippen molar-refractivity contribution in [2.24, 2.45) is 0 Å². The fraction of sp³-hybridized carbons (Fsp3) is 0.0909. The number of pyridine rings is 1. The second kappa shape index (κ2) is 6.94. The van der Waals surface area contributed by atoms with Gasteiger partial charge in [0.2, 0.25) is 0 Å². The van der Waals surface area contributed by atoms with Crippen molar-refractivity contribution >= 4 is 27.9 Å². The van der Waals surface area contributed by atoms with Crippen molar-refractivity contribution in [3.05, 3.63) is 84.8 Å². The molecule has 29 heavy (non-hydrogen) atoms. The van der Waals surface area contributed by atoms with Crippen LogP contribution in [-0.4, -0.2) is 24.5 Å². The summed E-state index contributed by atoms with van der Waals surface area (Å²) in [7, 11) is 0. The van der Waals surface area contributed by atoms with E-state index in [1.807, 2.05) is 54.0 Å². The van der Waals surface area contributed by atoms with Crippen LogP contribution in [0.15, 0.2) is 73.2 Å². The number of hydrogen-bond donors (Lipinski definition) is 1. The highest BCUT2D eigenvalue weighted by Gasteiger charge is 2.19. The molecule has 0 radical (unpaired) electrons. The smallest absolute Gasteiger partial charge is 0.156 e. The van der Waals surface area contributed by atoms with Gasteiger partial charge in [-0.1, -0.05) is 18.2 Å². The fourth-order valence-electron chi connectivity index (χ4n) is 3.47. The van der Waals surface area contributed by atoms with E-state index in [9.17, 15) is 4.39 Å². The summed E-state index contributed by atoms with van der Waals surface area (Å²) < 4.78 is 15.9. The number of hydrogen-bond acceptors (Lipinski definition) is 5. The third-order valence-electron chi connectivity index (χ3n) is 4.79. The lowest BCUT2D eigenvalue weighted by atomic mass is 10.2. The van der Waals surface area contributed by atoms with Gasteiger partial charge in [-0.25, -0.2) is 19.3 Å². The minimum absolute atomic E-state index is 0.217. The lowest BCUT2D eigenvalue weighted by Crippen LogP contribution is -2.14. The van der Waals surface area contributed by atoms with Crippen molar-refractivity contribution in [3.8, 4) is 5.69 Å². The first-order valence-electron chi connectivity index (χ1n) is 9.26. The van der Waals surface area contributed by atoms with Crippen molar-refractivity contribution in [3.63, 3.8) is 0 Å². The molecule has 0 bridgehead atoms. The minimum atomic E-state index is -0.298. The molecular formula is C22H17FN6. The van der Waals surface area contributed by atoms with Gasteiger partial charge >= 0.3 is 0 Å². The third kappa shape index (κ3) is 3.06. The van der Waals surface area contributed by atoms with Crippen LogP contribution in [0.1, 0.15) is 18.8 Å². The molecule has 0 unspecified atom stereocenters. The summed E-state index contributed by atoms with van der Waals surface area (Å²) >= 11 is 0. The highest BCUT2D eigenvalue weighted by atomic mass is 19.1. The maximum absolute atomic E-state index is 14.0. The van der Waals surface area contributed by atoms with E-state index in [4.69, 9.17) is 4.98 Å². The second-order valence-electron chi connectivity index (χ2n) is 6.73. The van der Waals surface area contributed by atoms with Crippen LogP contribution in [0, 0.1) is 5.82 Å². The van der Waals surface area contributed by atoms with Gasteiger partial charge in [-0.3, -0.25) is 9.55 Å². The largest absolute Gasteiger partial charge is 0.358 e. The first kappa shape index (κ1) is 17.2. The van der Waals surface area contributed by atoms with Gasteiger partial charge in [-0.15, -0.1) is 0 Å². The van der Waals surface area contributed by atoms with E-state index in [0.717, 1.165) is 22.5 Å². The van der Waals surface area contributed by atoms with Gasteiger partial charge in [0.05, 0.1) is 22.6 Å². The molecule has 0 fully saturated rings. The molecule has 0 amide bonds. The molecule has 3 aromatic heterocycles. The molecule has 0 saturated heterocycles. The predicted octanol–water partition coefficient (Wildman–Crippen LogP) is 4.68. The molecule has 1 N–H and O–H groups in total. The number of imidazole rings is 1. The Morgan fingerprint density at radius 3 is 2.66 bits per heavy atom. The van der Waals surface area contributed by atoms with Crippen molar-refractivity contribution in [2.75, 3.05) is 5.32 Å². The predicted molar refractivity (Wildman–Crippen MR) is 110 cm³/mol. The molecule has 5 aromatic rings. The number of para-hydroxylation sites is 1. The Bertz CT molecular complexity index is 1310. The average molecular weight is 384 g/mol. The summed E-state index contributed by atoms with van der Waals surface area (Å²) in [5.74, 6) is 1.08. The van der Waals surface area contributed by atoms with Crippen LogP contribution in [0.25, 0.3) is 27.8 Å². The van der Waals surface area contributed by atoms with E-state index >= 15 is 0 Å². The Labute approximate surface area is 166 Å². The van der Waals surface area contributed by atoms with E-state index in [1.54, 1.807) is 12.3 Å². The quantitative estimate of drug-likeness (QED) is 0.487. The van der Waals surface area contributed by atoms with Gasteiger partial charge in [-0.2, -0.15) is 0 Å². The number of benzene rings is 2. The van der Waals surface area contributed by atoms with E-state index in [2.05, 4.69) is 20.3 Å². The summed E-state index contributed by atoms with van der Waals surface area (Å²) in [6.07, 6.45) is 3.22. The van der Waals surface area contributed by atoms with E-state index in [-0.39, 0.29) is 11.9 Å². The minimum Gasteiger partial charge on any atom is -0.358 e. The average Bonchev–Trinajstić information content (AvgIpc) is 3.13. The Balaban J connectivity index is 1.64. The monoisotopic (exact) mass is 384 g/mol. The van der Waals surface area contributed by atoms with Crippen LogP contribution < -0.4 is 5.32 Å². The number of rotatable bonds is 4. The molecule has 1 atom stereocenters. The first-order chi connectivity index (χ1) is 14.2. The summed E-state index contributed by atoms with van der Waals surface area (Å²) in [4.78, 5) is 17.8. The highest BCUT2D eigenvalue weighted by Crippen LogP contribution is 2.28. The molecule has 0 saturated carbocycles. The molecule has 2 aromatic carbocycles. The number of fused-ring (bicyclic) bond motifs is 2. The van der Waals surface area contributed by atoms with Gasteiger partial charge < -0.3 is 5.32 Å². The molecule has 142 valence electrons. The van der Waals surface area contributed by atoms with Crippen LogP contribution >= 0.6 is 0 Å². The molecular weight excluding hydrogens is 367 g/mol. The molecule has 0 aliphatic rings. The van der Waals surface area contributed by atoms with Gasteiger partial charge in [0, 0.05) is 18.0 Å². The zero-order valence-electron chi connectivity index (χ0n) is 15.6. The Hall–Kier alpha value is -3.87. The van der Waals surface area contributed by atoms with Crippen LogP contribution in [0.2, 0.25) is 0 Å². The molecule has 0 aliphatic heterocycles. The van der Waals surface area contributed by atoms with Crippen LogP contribution in [0.3, 0.4) is 0 Å². The number of halogens is 1. The van der Waals surface area contributed by atoms with Gasteiger partial charge in [0.15, 0.2) is 5.82 Å². The zero-order chi connectivity index (χ0) is 19.8. The zero-order valence-corrected chi connectivity index (χ0v) is 15.6. The van der Waals surface area contributed by atoms with E-state index in [0.29, 0.717) is 16.9 Å². The van der Waals surface area contributed by atoms with Crippen molar-refractivity contribution < 1.29 is 4.39 Å². The van der Waals surface area contributed by atoms with Crippen LogP contribution in [0.5, 0.6) is 0 Å². The third-order valence-corrected chi connectivity index (χ3v) is 4.79. The SMILES string of the molecule is C[C@H](Nc1ncnc2cccnc12)c1nc2ccc(F)cc2n1-c1ccccc1. The Morgan fingerprint density at radius 2 is 1.79 bits per heavy atom. The maximum atomic E-state index is 14.0.